The monoisotopic (exact) mass is 451 g/mol. The van der Waals surface area contributed by atoms with E-state index in [0.29, 0.717) is 5.16 Å². The van der Waals surface area contributed by atoms with Crippen LogP contribution in [0.25, 0.3) is 0 Å². The summed E-state index contributed by atoms with van der Waals surface area (Å²) >= 11 is 1.33. The van der Waals surface area contributed by atoms with E-state index in [-0.39, 0.29) is 17.5 Å². The zero-order chi connectivity index (χ0) is 22.5. The van der Waals surface area contributed by atoms with Gasteiger partial charge in [0, 0.05) is 43.8 Å². The lowest BCUT2D eigenvalue weighted by atomic mass is 10.1. The Morgan fingerprint density at radius 3 is 2.50 bits per heavy atom. The zero-order valence-corrected chi connectivity index (χ0v) is 19.0. The van der Waals surface area contributed by atoms with E-state index in [1.165, 1.54) is 23.9 Å². The number of nitrogens with zero attached hydrogens (tertiary/aromatic N) is 4. The second kappa shape index (κ2) is 9.99. The molecule has 1 aromatic heterocycles. The van der Waals surface area contributed by atoms with Gasteiger partial charge in [-0.05, 0) is 61.4 Å². The van der Waals surface area contributed by atoms with Gasteiger partial charge in [0.2, 0.25) is 5.91 Å². The van der Waals surface area contributed by atoms with Crippen LogP contribution in [0.2, 0.25) is 0 Å². The number of benzene rings is 2. The number of anilines is 3. The van der Waals surface area contributed by atoms with Crippen LogP contribution in [0.3, 0.4) is 0 Å². The smallest absolute Gasteiger partial charge is 0.234 e. The first-order chi connectivity index (χ1) is 15.5. The molecule has 3 aromatic rings. The molecule has 1 amide bonds. The standard InChI is InChI=1S/C24H26FN5OS/c1-17-4-3-5-21(18(17)2)27-23(31)16-32-24-26-11-10-22(28-24)30-14-12-29(13-15-30)20-8-6-19(25)7-9-20/h3-11H,12-16H2,1-2H3,(H,27,31). The van der Waals surface area contributed by atoms with Crippen molar-refractivity contribution in [3.63, 3.8) is 0 Å². The van der Waals surface area contributed by atoms with Crippen molar-refractivity contribution < 1.29 is 9.18 Å². The highest BCUT2D eigenvalue weighted by Crippen LogP contribution is 2.22. The lowest BCUT2D eigenvalue weighted by Gasteiger charge is -2.36. The predicted molar refractivity (Wildman–Crippen MR) is 128 cm³/mol. The number of nitrogens with one attached hydrogen (secondary N) is 1. The van der Waals surface area contributed by atoms with Crippen molar-refractivity contribution >= 4 is 34.9 Å². The molecule has 6 nitrogen and oxygen atoms in total. The molecule has 4 rings (SSSR count). The zero-order valence-electron chi connectivity index (χ0n) is 18.2. The molecule has 2 heterocycles. The van der Waals surface area contributed by atoms with E-state index in [9.17, 15) is 9.18 Å². The number of carbonyl (C=O) groups is 1. The van der Waals surface area contributed by atoms with Crippen LogP contribution in [0.4, 0.5) is 21.6 Å². The SMILES string of the molecule is Cc1cccc(NC(=O)CSc2nccc(N3CCN(c4ccc(F)cc4)CC3)n2)c1C. The quantitative estimate of drug-likeness (QED) is 0.446. The Morgan fingerprint density at radius 1 is 1.03 bits per heavy atom. The average molecular weight is 452 g/mol. The number of aryl methyl sites for hydroxylation is 1. The molecule has 8 heteroatoms. The van der Waals surface area contributed by atoms with Crippen molar-refractivity contribution in [3.8, 4) is 0 Å². The van der Waals surface area contributed by atoms with Gasteiger partial charge in [0.05, 0.1) is 5.75 Å². The summed E-state index contributed by atoms with van der Waals surface area (Å²) in [5, 5.41) is 3.55. The molecule has 2 aromatic carbocycles. The lowest BCUT2D eigenvalue weighted by molar-refractivity contribution is -0.113. The minimum Gasteiger partial charge on any atom is -0.368 e. The van der Waals surface area contributed by atoms with Crippen molar-refractivity contribution in [2.24, 2.45) is 0 Å². The van der Waals surface area contributed by atoms with Crippen LogP contribution >= 0.6 is 11.8 Å². The maximum atomic E-state index is 13.2. The van der Waals surface area contributed by atoms with Crippen molar-refractivity contribution in [2.75, 3.05) is 47.0 Å². The maximum Gasteiger partial charge on any atom is 0.234 e. The number of amides is 1. The van der Waals surface area contributed by atoms with Gasteiger partial charge in [0.15, 0.2) is 5.16 Å². The Morgan fingerprint density at radius 2 is 1.75 bits per heavy atom. The highest BCUT2D eigenvalue weighted by atomic mass is 32.2. The summed E-state index contributed by atoms with van der Waals surface area (Å²) in [5.41, 5.74) is 4.08. The summed E-state index contributed by atoms with van der Waals surface area (Å²) in [7, 11) is 0. The third-order valence-electron chi connectivity index (χ3n) is 5.63. The Bertz CT molecular complexity index is 1080. The van der Waals surface area contributed by atoms with Crippen LogP contribution in [0.1, 0.15) is 11.1 Å². The second-order valence-electron chi connectivity index (χ2n) is 7.73. The van der Waals surface area contributed by atoms with E-state index in [4.69, 9.17) is 0 Å². The van der Waals surface area contributed by atoms with E-state index in [1.807, 2.05) is 50.2 Å². The normalized spacial score (nSPS) is 13.8. The fraction of sp³-hybridized carbons (Fsp3) is 0.292. The van der Waals surface area contributed by atoms with E-state index in [1.54, 1.807) is 6.20 Å². The molecule has 0 spiro atoms. The largest absolute Gasteiger partial charge is 0.368 e. The van der Waals surface area contributed by atoms with Gasteiger partial charge in [-0.25, -0.2) is 14.4 Å². The van der Waals surface area contributed by atoms with Crippen LogP contribution in [0.5, 0.6) is 0 Å². The van der Waals surface area contributed by atoms with Crippen molar-refractivity contribution in [2.45, 2.75) is 19.0 Å². The molecule has 166 valence electrons. The maximum absolute atomic E-state index is 13.2. The van der Waals surface area contributed by atoms with Gasteiger partial charge in [-0.15, -0.1) is 0 Å². The van der Waals surface area contributed by atoms with Gasteiger partial charge >= 0.3 is 0 Å². The minimum absolute atomic E-state index is 0.0781. The number of aromatic nitrogens is 2. The topological polar surface area (TPSA) is 61.4 Å². The van der Waals surface area contributed by atoms with Crippen molar-refractivity contribution in [3.05, 3.63) is 71.7 Å². The fourth-order valence-electron chi connectivity index (χ4n) is 3.63. The fourth-order valence-corrected chi connectivity index (χ4v) is 4.25. The predicted octanol–water partition coefficient (Wildman–Crippen LogP) is 4.29. The average Bonchev–Trinajstić information content (AvgIpc) is 2.82. The van der Waals surface area contributed by atoms with Crippen LogP contribution in [-0.2, 0) is 4.79 Å². The Hall–Kier alpha value is -3.13. The number of carbonyl (C=O) groups excluding carboxylic acids is 1. The summed E-state index contributed by atoms with van der Waals surface area (Å²) in [6.07, 6.45) is 1.74. The Balaban J connectivity index is 1.31. The van der Waals surface area contributed by atoms with Gasteiger partial charge in [-0.2, -0.15) is 0 Å². The highest BCUT2D eigenvalue weighted by Gasteiger charge is 2.19. The number of rotatable bonds is 6. The summed E-state index contributed by atoms with van der Waals surface area (Å²) < 4.78 is 13.2. The van der Waals surface area contributed by atoms with E-state index >= 15 is 0 Å². The van der Waals surface area contributed by atoms with Gasteiger partial charge in [-0.1, -0.05) is 23.9 Å². The molecule has 0 saturated carbocycles. The van der Waals surface area contributed by atoms with Gasteiger partial charge in [0.25, 0.3) is 0 Å². The van der Waals surface area contributed by atoms with Crippen molar-refractivity contribution in [1.82, 2.24) is 9.97 Å². The first-order valence-electron chi connectivity index (χ1n) is 10.6. The molecule has 0 radical (unpaired) electrons. The van der Waals surface area contributed by atoms with E-state index < -0.39 is 0 Å². The second-order valence-corrected chi connectivity index (χ2v) is 8.67. The van der Waals surface area contributed by atoms with Crippen molar-refractivity contribution in [1.29, 1.82) is 0 Å². The summed E-state index contributed by atoms with van der Waals surface area (Å²) in [5.74, 6) is 0.803. The molecule has 0 aliphatic carbocycles. The molecule has 1 fully saturated rings. The van der Waals surface area contributed by atoms with Crippen LogP contribution in [-0.4, -0.2) is 47.8 Å². The number of hydrogen-bond acceptors (Lipinski definition) is 6. The Labute approximate surface area is 191 Å². The molecule has 32 heavy (non-hydrogen) atoms. The molecule has 1 aliphatic rings. The number of piperazine rings is 1. The third-order valence-corrected chi connectivity index (χ3v) is 6.49. The molecule has 1 aliphatic heterocycles. The van der Waals surface area contributed by atoms with E-state index in [0.717, 1.165) is 54.5 Å². The molecular weight excluding hydrogens is 425 g/mol. The molecule has 0 atom stereocenters. The Kier molecular flexibility index (Phi) is 6.90. The number of halogens is 1. The molecule has 1 saturated heterocycles. The summed E-state index contributed by atoms with van der Waals surface area (Å²) in [6.45, 7) is 7.31. The first kappa shape index (κ1) is 22.1. The molecular formula is C24H26FN5OS. The molecule has 1 N–H and O–H groups in total. The number of hydrogen-bond donors (Lipinski definition) is 1. The number of thioether (sulfide) groups is 1. The lowest BCUT2D eigenvalue weighted by Crippen LogP contribution is -2.46. The van der Waals surface area contributed by atoms with Gasteiger partial charge in [0.1, 0.15) is 11.6 Å². The molecule has 0 unspecified atom stereocenters. The van der Waals surface area contributed by atoms with Gasteiger partial charge < -0.3 is 15.1 Å². The van der Waals surface area contributed by atoms with Crippen LogP contribution in [0, 0.1) is 19.7 Å². The van der Waals surface area contributed by atoms with Crippen LogP contribution < -0.4 is 15.1 Å². The van der Waals surface area contributed by atoms with E-state index in [2.05, 4.69) is 25.1 Å². The highest BCUT2D eigenvalue weighted by molar-refractivity contribution is 7.99. The summed E-state index contributed by atoms with van der Waals surface area (Å²) in [6, 6.07) is 14.4. The minimum atomic E-state index is -0.221. The van der Waals surface area contributed by atoms with Gasteiger partial charge in [-0.3, -0.25) is 4.79 Å². The van der Waals surface area contributed by atoms with Crippen LogP contribution in [0.15, 0.2) is 59.9 Å². The molecule has 0 bridgehead atoms. The third kappa shape index (κ3) is 5.37. The summed E-state index contributed by atoms with van der Waals surface area (Å²) in [4.78, 5) is 25.8. The first-order valence-corrected chi connectivity index (χ1v) is 11.6.